The van der Waals surface area contributed by atoms with Gasteiger partial charge in [-0.3, -0.25) is 10.2 Å². The minimum atomic E-state index is -3.64. The Morgan fingerprint density at radius 1 is 0.692 bits per heavy atom. The summed E-state index contributed by atoms with van der Waals surface area (Å²) >= 11 is 0. The molecule has 0 radical (unpaired) electrons. The van der Waals surface area contributed by atoms with E-state index in [1.807, 2.05) is 0 Å². The van der Waals surface area contributed by atoms with Crippen molar-refractivity contribution in [1.82, 2.24) is 20.4 Å². The summed E-state index contributed by atoms with van der Waals surface area (Å²) in [7, 11) is 3.05. The molecule has 12 heteroatoms. The monoisotopic (exact) mass is 432 g/mol. The molecule has 136 valence electrons. The Morgan fingerprint density at radius 2 is 1.08 bits per heavy atom. The molecule has 2 aromatic carbocycles. The van der Waals surface area contributed by atoms with Crippen LogP contribution in [0.1, 0.15) is 0 Å². The number of benzene rings is 2. The zero-order valence-corrected chi connectivity index (χ0v) is 15.9. The molecule has 0 atom stereocenters. The van der Waals surface area contributed by atoms with Crippen LogP contribution in [-0.4, -0.2) is 37.2 Å². The van der Waals surface area contributed by atoms with E-state index in [-0.39, 0.29) is 9.79 Å². The highest BCUT2D eigenvalue weighted by atomic mass is 35.7. The smallest absolute Gasteiger partial charge is 0.261 e. The van der Waals surface area contributed by atoms with Gasteiger partial charge in [-0.15, -0.1) is 0 Å². The first-order chi connectivity index (χ1) is 12.1. The summed E-state index contributed by atoms with van der Waals surface area (Å²) in [5.74, 6) is 0. The van der Waals surface area contributed by atoms with Gasteiger partial charge in [-0.2, -0.15) is 10.2 Å². The molecule has 8 nitrogen and oxygen atoms in total. The first-order valence-electron chi connectivity index (χ1n) is 6.90. The van der Waals surface area contributed by atoms with Crippen molar-refractivity contribution in [3.8, 4) is 0 Å². The van der Waals surface area contributed by atoms with Crippen LogP contribution in [0.5, 0.6) is 0 Å². The number of fused-ring (bicyclic) bond motifs is 2. The predicted molar refractivity (Wildman–Crippen MR) is 98.3 cm³/mol. The summed E-state index contributed by atoms with van der Waals surface area (Å²) in [4.78, 5) is 0.172. The summed E-state index contributed by atoms with van der Waals surface area (Å²) in [6.07, 6.45) is 3.09. The van der Waals surface area contributed by atoms with Gasteiger partial charge in [0.05, 0.1) is 33.2 Å². The quantitative estimate of drug-likeness (QED) is 0.468. The van der Waals surface area contributed by atoms with Gasteiger partial charge in [-0.05, 0) is 36.4 Å². The summed E-state index contributed by atoms with van der Waals surface area (Å²) in [5, 5.41) is 14.4. The van der Waals surface area contributed by atoms with Crippen LogP contribution in [0.3, 0.4) is 0 Å². The molecule has 0 aliphatic heterocycles. The molecule has 2 N–H and O–H groups in total. The van der Waals surface area contributed by atoms with E-state index in [0.29, 0.717) is 0 Å². The van der Waals surface area contributed by atoms with Gasteiger partial charge in [0, 0.05) is 32.1 Å². The van der Waals surface area contributed by atoms with Crippen LogP contribution in [0.15, 0.2) is 58.6 Å². The van der Waals surface area contributed by atoms with E-state index in [1.165, 1.54) is 24.3 Å². The van der Waals surface area contributed by atoms with Crippen molar-refractivity contribution in [3.05, 3.63) is 48.8 Å². The van der Waals surface area contributed by atoms with Gasteiger partial charge in [0.2, 0.25) is 0 Å². The number of nitrogens with one attached hydrogen (secondary N) is 2. The third kappa shape index (κ3) is 4.15. The van der Waals surface area contributed by atoms with E-state index in [0.717, 1.165) is 21.8 Å². The van der Waals surface area contributed by atoms with E-state index in [1.54, 1.807) is 24.5 Å². The van der Waals surface area contributed by atoms with E-state index in [9.17, 15) is 16.8 Å². The van der Waals surface area contributed by atoms with Gasteiger partial charge < -0.3 is 0 Å². The zero-order chi connectivity index (χ0) is 18.9. The third-order valence-corrected chi connectivity index (χ3v) is 6.09. The van der Waals surface area contributed by atoms with Crippen LogP contribution in [-0.2, 0) is 18.1 Å². The van der Waals surface area contributed by atoms with E-state index >= 15 is 0 Å². The fourth-order valence-corrected chi connectivity index (χ4v) is 3.72. The number of rotatable bonds is 2. The summed E-state index contributed by atoms with van der Waals surface area (Å²) in [6.45, 7) is 0. The van der Waals surface area contributed by atoms with Crippen LogP contribution < -0.4 is 0 Å². The molecule has 0 saturated heterocycles. The summed E-state index contributed by atoms with van der Waals surface area (Å²) in [5.41, 5.74) is 1.56. The Morgan fingerprint density at radius 3 is 1.42 bits per heavy atom. The van der Waals surface area contributed by atoms with Crippen molar-refractivity contribution < 1.29 is 16.8 Å². The summed E-state index contributed by atoms with van der Waals surface area (Å²) < 4.78 is 43.7. The third-order valence-electron chi connectivity index (χ3n) is 3.39. The Kier molecular flexibility index (Phi) is 4.93. The Bertz CT molecular complexity index is 1190. The first-order valence-corrected chi connectivity index (χ1v) is 11.5. The molecule has 0 unspecified atom stereocenters. The van der Waals surface area contributed by atoms with Crippen LogP contribution in [0.4, 0.5) is 0 Å². The van der Waals surface area contributed by atoms with Gasteiger partial charge in [0.15, 0.2) is 0 Å². The molecule has 2 heterocycles. The van der Waals surface area contributed by atoms with Gasteiger partial charge in [0.1, 0.15) is 0 Å². The van der Waals surface area contributed by atoms with E-state index in [4.69, 9.17) is 21.4 Å². The number of H-pyrrole nitrogens is 2. The van der Waals surface area contributed by atoms with Crippen molar-refractivity contribution in [2.75, 3.05) is 0 Å². The maximum atomic E-state index is 10.9. The van der Waals surface area contributed by atoms with Crippen molar-refractivity contribution in [3.63, 3.8) is 0 Å². The topological polar surface area (TPSA) is 126 Å². The fourth-order valence-electron chi connectivity index (χ4n) is 2.14. The molecular formula is C14H10Cl2N4O4S2. The average Bonchev–Trinajstić information content (AvgIpc) is 3.21. The standard InChI is InChI=1S/2C7H5ClN2O2S/c2*8-13(11,12)6-1-2-7-5(3-6)4-9-10-7/h2*1-4H,(H,9,10). The molecule has 4 aromatic rings. The molecule has 0 amide bonds. The lowest BCUT2D eigenvalue weighted by Gasteiger charge is -1.94. The normalized spacial score (nSPS) is 12.1. The molecule has 4 rings (SSSR count). The average molecular weight is 433 g/mol. The minimum Gasteiger partial charge on any atom is -0.278 e. The van der Waals surface area contributed by atoms with Crippen LogP contribution in [0, 0.1) is 0 Å². The number of hydrogen-bond donors (Lipinski definition) is 2. The van der Waals surface area contributed by atoms with Crippen LogP contribution in [0.2, 0.25) is 0 Å². The first kappa shape index (κ1) is 18.6. The number of hydrogen-bond acceptors (Lipinski definition) is 6. The van der Waals surface area contributed by atoms with Gasteiger partial charge in [0.25, 0.3) is 18.1 Å². The lowest BCUT2D eigenvalue weighted by molar-refractivity contribution is 0.608. The lowest BCUT2D eigenvalue weighted by Crippen LogP contribution is -1.88. The van der Waals surface area contributed by atoms with Gasteiger partial charge >= 0.3 is 0 Å². The highest BCUT2D eigenvalue weighted by Crippen LogP contribution is 2.20. The number of aromatic nitrogens is 4. The van der Waals surface area contributed by atoms with Gasteiger partial charge in [-0.1, -0.05) is 0 Å². The van der Waals surface area contributed by atoms with Crippen LogP contribution in [0.25, 0.3) is 21.8 Å². The molecule has 26 heavy (non-hydrogen) atoms. The minimum absolute atomic E-state index is 0.0862. The molecule has 0 fully saturated rings. The molecule has 0 bridgehead atoms. The van der Waals surface area contributed by atoms with Crippen molar-refractivity contribution in [1.29, 1.82) is 0 Å². The second-order valence-corrected chi connectivity index (χ2v) is 10.2. The second kappa shape index (κ2) is 6.88. The number of halogens is 2. The van der Waals surface area contributed by atoms with E-state index in [2.05, 4.69) is 20.4 Å². The molecule has 0 aliphatic carbocycles. The Labute approximate surface area is 157 Å². The van der Waals surface area contributed by atoms with Crippen LogP contribution >= 0.6 is 21.4 Å². The van der Waals surface area contributed by atoms with E-state index < -0.39 is 18.1 Å². The number of nitrogens with zero attached hydrogens (tertiary/aromatic N) is 2. The molecule has 0 aliphatic rings. The van der Waals surface area contributed by atoms with Crippen molar-refractivity contribution in [2.45, 2.75) is 9.79 Å². The van der Waals surface area contributed by atoms with Gasteiger partial charge in [-0.25, -0.2) is 16.8 Å². The largest absolute Gasteiger partial charge is 0.278 e. The molecular weight excluding hydrogens is 423 g/mol. The highest BCUT2D eigenvalue weighted by molar-refractivity contribution is 8.14. The molecule has 0 spiro atoms. The fraction of sp³-hybridized carbons (Fsp3) is 0. The SMILES string of the molecule is O=S(=O)(Cl)c1ccc2[nH]ncc2c1.O=S(=O)(Cl)c1ccc2[nH]ncc2c1. The van der Waals surface area contributed by atoms with Crippen molar-refractivity contribution >= 4 is 61.3 Å². The zero-order valence-electron chi connectivity index (χ0n) is 12.7. The second-order valence-electron chi connectivity index (χ2n) is 5.11. The lowest BCUT2D eigenvalue weighted by atomic mass is 10.3. The maximum Gasteiger partial charge on any atom is 0.261 e. The Balaban J connectivity index is 0.000000151. The maximum absolute atomic E-state index is 10.9. The highest BCUT2D eigenvalue weighted by Gasteiger charge is 2.11. The Hall–Kier alpha value is -2.14. The number of aromatic amines is 2. The molecule has 2 aromatic heterocycles. The molecule has 0 saturated carbocycles. The predicted octanol–water partition coefficient (Wildman–Crippen LogP) is 2.98. The summed E-state index contributed by atoms with van der Waals surface area (Å²) in [6, 6.07) is 9.06. The van der Waals surface area contributed by atoms with Crippen molar-refractivity contribution in [2.24, 2.45) is 0 Å².